The summed E-state index contributed by atoms with van der Waals surface area (Å²) in [5, 5.41) is 15.4. The number of aromatic nitrogens is 1. The van der Waals surface area contributed by atoms with Crippen LogP contribution in [0.5, 0.6) is 5.75 Å². The summed E-state index contributed by atoms with van der Waals surface area (Å²) in [5.41, 5.74) is 1.35. The molecule has 0 spiro atoms. The summed E-state index contributed by atoms with van der Waals surface area (Å²) >= 11 is 0. The van der Waals surface area contributed by atoms with Crippen LogP contribution in [0.15, 0.2) is 47.0 Å². The van der Waals surface area contributed by atoms with Crippen molar-refractivity contribution in [2.24, 2.45) is 0 Å². The Morgan fingerprint density at radius 2 is 1.96 bits per heavy atom. The first kappa shape index (κ1) is 17.7. The second-order valence-electron chi connectivity index (χ2n) is 6.91. The number of nitrogens with zero attached hydrogens (tertiary/aromatic N) is 1. The van der Waals surface area contributed by atoms with E-state index in [1.54, 1.807) is 7.11 Å². The molecule has 6 heteroatoms. The molecule has 0 saturated heterocycles. The minimum Gasteiger partial charge on any atom is -0.497 e. The van der Waals surface area contributed by atoms with Crippen molar-refractivity contribution in [2.75, 3.05) is 7.11 Å². The fourth-order valence-corrected chi connectivity index (χ4v) is 3.79. The fraction of sp³-hybridized carbons (Fsp3) is 0.286. The van der Waals surface area contributed by atoms with Crippen molar-refractivity contribution < 1.29 is 23.1 Å². The number of methoxy groups -OCH3 is 1. The van der Waals surface area contributed by atoms with Crippen molar-refractivity contribution >= 4 is 0 Å². The molecule has 1 atom stereocenters. The van der Waals surface area contributed by atoms with E-state index in [0.29, 0.717) is 35.6 Å². The summed E-state index contributed by atoms with van der Waals surface area (Å²) in [6.07, 6.45) is 1.93. The van der Waals surface area contributed by atoms with E-state index >= 15 is 0 Å². The number of hydrogen-bond donors (Lipinski definition) is 1. The largest absolute Gasteiger partial charge is 0.497 e. The van der Waals surface area contributed by atoms with Gasteiger partial charge in [-0.3, -0.25) is 0 Å². The molecule has 1 heterocycles. The summed E-state index contributed by atoms with van der Waals surface area (Å²) in [4.78, 5) is 0. The van der Waals surface area contributed by atoms with Crippen LogP contribution >= 0.6 is 0 Å². The molecule has 0 radical (unpaired) electrons. The van der Waals surface area contributed by atoms with Crippen LogP contribution < -0.4 is 4.74 Å². The summed E-state index contributed by atoms with van der Waals surface area (Å²) in [6, 6.07) is 10.7. The van der Waals surface area contributed by atoms with Crippen molar-refractivity contribution in [1.82, 2.24) is 5.16 Å². The summed E-state index contributed by atoms with van der Waals surface area (Å²) < 4.78 is 37.9. The number of aliphatic hydroxyl groups is 1. The van der Waals surface area contributed by atoms with Crippen LogP contribution in [0, 0.1) is 11.6 Å². The molecule has 1 aliphatic rings. The number of fused-ring (bicyclic) bond motifs is 1. The highest BCUT2D eigenvalue weighted by molar-refractivity contribution is 5.66. The minimum atomic E-state index is -1.35. The Balaban J connectivity index is 1.72. The van der Waals surface area contributed by atoms with Crippen molar-refractivity contribution in [1.29, 1.82) is 0 Å². The van der Waals surface area contributed by atoms with E-state index in [1.165, 1.54) is 12.1 Å². The van der Waals surface area contributed by atoms with E-state index in [1.807, 2.05) is 24.3 Å². The Labute approximate surface area is 155 Å². The molecule has 27 heavy (non-hydrogen) atoms. The van der Waals surface area contributed by atoms with Gasteiger partial charge in [0.2, 0.25) is 0 Å². The lowest BCUT2D eigenvalue weighted by molar-refractivity contribution is -0.00742. The Hall–Kier alpha value is -2.73. The maximum atomic E-state index is 13.5. The molecule has 4 rings (SSSR count). The monoisotopic (exact) mass is 371 g/mol. The number of rotatable bonds is 4. The van der Waals surface area contributed by atoms with Gasteiger partial charge in [0.1, 0.15) is 28.7 Å². The molecule has 140 valence electrons. The van der Waals surface area contributed by atoms with E-state index in [4.69, 9.17) is 9.26 Å². The molecule has 0 aliphatic heterocycles. The molecule has 0 saturated carbocycles. The van der Waals surface area contributed by atoms with Crippen molar-refractivity contribution in [3.8, 4) is 17.0 Å². The molecular formula is C21H19F2NO3. The van der Waals surface area contributed by atoms with Gasteiger partial charge >= 0.3 is 0 Å². The van der Waals surface area contributed by atoms with Gasteiger partial charge in [0.25, 0.3) is 0 Å². The average Bonchev–Trinajstić information content (AvgIpc) is 3.06. The zero-order valence-electron chi connectivity index (χ0n) is 14.8. The first-order valence-corrected chi connectivity index (χ1v) is 8.79. The van der Waals surface area contributed by atoms with Gasteiger partial charge in [-0.2, -0.15) is 0 Å². The maximum absolute atomic E-state index is 13.5. The van der Waals surface area contributed by atoms with E-state index in [9.17, 15) is 13.9 Å². The standard InChI is InChI=1S/C21H19F2NO3/c1-26-17-5-2-4-14(10-17)19-18-6-3-7-21(25,20(18)27-24-19)12-13-8-15(22)11-16(23)9-13/h2,4-5,8-11,25H,3,6-7,12H2,1H3. The lowest BCUT2D eigenvalue weighted by atomic mass is 9.79. The molecule has 1 unspecified atom stereocenters. The molecule has 0 amide bonds. The zero-order valence-corrected chi connectivity index (χ0v) is 14.8. The smallest absolute Gasteiger partial charge is 0.172 e. The SMILES string of the molecule is COc1cccc(-c2noc3c2CCCC3(O)Cc2cc(F)cc(F)c2)c1. The van der Waals surface area contributed by atoms with Crippen LogP contribution in [0.2, 0.25) is 0 Å². The summed E-state index contributed by atoms with van der Waals surface area (Å²) in [6.45, 7) is 0. The highest BCUT2D eigenvalue weighted by Gasteiger charge is 2.40. The Bertz CT molecular complexity index is 965. The average molecular weight is 371 g/mol. The second-order valence-corrected chi connectivity index (χ2v) is 6.91. The van der Waals surface area contributed by atoms with Crippen LogP contribution in [0.1, 0.15) is 29.7 Å². The quantitative estimate of drug-likeness (QED) is 0.739. The third-order valence-corrected chi connectivity index (χ3v) is 4.99. The summed E-state index contributed by atoms with van der Waals surface area (Å²) in [7, 11) is 1.59. The zero-order chi connectivity index (χ0) is 19.0. The van der Waals surface area contributed by atoms with Crippen LogP contribution in [0.4, 0.5) is 8.78 Å². The second kappa shape index (κ2) is 6.78. The Morgan fingerprint density at radius 1 is 1.19 bits per heavy atom. The normalized spacial score (nSPS) is 19.0. The van der Waals surface area contributed by atoms with Gasteiger partial charge in [0.05, 0.1) is 7.11 Å². The maximum Gasteiger partial charge on any atom is 0.172 e. The molecular weight excluding hydrogens is 352 g/mol. The van der Waals surface area contributed by atoms with Crippen LogP contribution in [-0.2, 0) is 18.4 Å². The van der Waals surface area contributed by atoms with E-state index in [-0.39, 0.29) is 6.42 Å². The Kier molecular flexibility index (Phi) is 4.44. The highest BCUT2D eigenvalue weighted by atomic mass is 19.1. The Morgan fingerprint density at radius 3 is 2.70 bits per heavy atom. The molecule has 4 nitrogen and oxygen atoms in total. The van der Waals surface area contributed by atoms with Crippen molar-refractivity contribution in [3.05, 3.63) is 71.0 Å². The molecule has 3 aromatic rings. The fourth-order valence-electron chi connectivity index (χ4n) is 3.79. The van der Waals surface area contributed by atoms with Gasteiger partial charge in [-0.25, -0.2) is 8.78 Å². The predicted molar refractivity (Wildman–Crippen MR) is 95.4 cm³/mol. The lowest BCUT2D eigenvalue weighted by Gasteiger charge is -2.30. The number of benzene rings is 2. The first-order chi connectivity index (χ1) is 13.0. The van der Waals surface area contributed by atoms with Crippen LogP contribution in [0.3, 0.4) is 0 Å². The van der Waals surface area contributed by atoms with Crippen LogP contribution in [-0.4, -0.2) is 17.4 Å². The van der Waals surface area contributed by atoms with Gasteiger partial charge in [-0.15, -0.1) is 0 Å². The van der Waals surface area contributed by atoms with Gasteiger partial charge in [-0.1, -0.05) is 17.3 Å². The van der Waals surface area contributed by atoms with Crippen LogP contribution in [0.25, 0.3) is 11.3 Å². The third kappa shape index (κ3) is 3.32. The highest BCUT2D eigenvalue weighted by Crippen LogP contribution is 2.42. The molecule has 0 bridgehead atoms. The topological polar surface area (TPSA) is 55.5 Å². The predicted octanol–water partition coefficient (Wildman–Crippen LogP) is 4.40. The lowest BCUT2D eigenvalue weighted by Crippen LogP contribution is -2.32. The van der Waals surface area contributed by atoms with Gasteiger partial charge < -0.3 is 14.4 Å². The third-order valence-electron chi connectivity index (χ3n) is 4.99. The number of ether oxygens (including phenoxy) is 1. The van der Waals surface area contributed by atoms with E-state index < -0.39 is 17.2 Å². The van der Waals surface area contributed by atoms with Crippen molar-refractivity contribution in [2.45, 2.75) is 31.3 Å². The summed E-state index contributed by atoms with van der Waals surface area (Å²) in [5.74, 6) is -0.264. The van der Waals surface area contributed by atoms with Gasteiger partial charge in [0.15, 0.2) is 5.76 Å². The molecule has 2 aromatic carbocycles. The molecule has 1 aromatic heterocycles. The van der Waals surface area contributed by atoms with Crippen molar-refractivity contribution in [3.63, 3.8) is 0 Å². The molecule has 0 fully saturated rings. The number of hydrogen-bond acceptors (Lipinski definition) is 4. The number of halogens is 2. The van der Waals surface area contributed by atoms with E-state index in [0.717, 1.165) is 23.6 Å². The first-order valence-electron chi connectivity index (χ1n) is 8.79. The minimum absolute atomic E-state index is 0.0570. The van der Waals surface area contributed by atoms with Gasteiger partial charge in [-0.05, 0) is 49.1 Å². The van der Waals surface area contributed by atoms with Gasteiger partial charge in [0, 0.05) is 23.6 Å². The molecule has 1 N–H and O–H groups in total. The van der Waals surface area contributed by atoms with E-state index in [2.05, 4.69) is 5.16 Å². The molecule has 1 aliphatic carbocycles.